The molecule has 1 fully saturated rings. The van der Waals surface area contributed by atoms with E-state index < -0.39 is 11.7 Å². The van der Waals surface area contributed by atoms with Crippen molar-refractivity contribution in [3.63, 3.8) is 0 Å². The number of nitrogens with two attached hydrogens (primary N) is 1. The van der Waals surface area contributed by atoms with Crippen molar-refractivity contribution in [3.05, 3.63) is 11.8 Å². The number of nitrogens with zero attached hydrogens (tertiary/aromatic N) is 3. The number of fused-ring (bicyclic) bond motifs is 1. The molecule has 4 atom stereocenters. The van der Waals surface area contributed by atoms with Crippen LogP contribution in [0.25, 0.3) is 0 Å². The lowest BCUT2D eigenvalue weighted by Crippen LogP contribution is -2.39. The number of nitrogen functional groups attached to an aromatic ring is 1. The van der Waals surface area contributed by atoms with E-state index >= 15 is 0 Å². The molecule has 3 N–H and O–H groups in total. The average molecular weight is 350 g/mol. The Hall–Kier alpha value is -1.69. The summed E-state index contributed by atoms with van der Waals surface area (Å²) < 4.78 is 19.2. The van der Waals surface area contributed by atoms with Gasteiger partial charge in [-0.05, 0) is 31.6 Å². The molecule has 0 spiro atoms. The van der Waals surface area contributed by atoms with Gasteiger partial charge in [0.05, 0.1) is 18.4 Å². The predicted octanol–water partition coefficient (Wildman–Crippen LogP) is 1.30. The molecule has 1 saturated heterocycles. The van der Waals surface area contributed by atoms with E-state index in [2.05, 4.69) is 33.5 Å². The summed E-state index contributed by atoms with van der Waals surface area (Å²) in [4.78, 5) is 11.6. The van der Waals surface area contributed by atoms with E-state index in [1.54, 1.807) is 6.21 Å². The number of ether oxygens (including phenoxy) is 1. The number of hydrogen-bond donors (Lipinski definition) is 3. The van der Waals surface area contributed by atoms with Crippen LogP contribution in [-0.2, 0) is 11.2 Å². The van der Waals surface area contributed by atoms with Crippen molar-refractivity contribution in [2.75, 3.05) is 12.3 Å². The number of terminal acetylenes is 1. The minimum Gasteiger partial charge on any atom is -0.392 e. The number of thiol groups is 1. The Balaban J connectivity index is 1.70. The van der Waals surface area contributed by atoms with E-state index in [4.69, 9.17) is 16.9 Å². The fourth-order valence-corrected chi connectivity index (χ4v) is 3.68. The van der Waals surface area contributed by atoms with Crippen LogP contribution in [0, 0.1) is 24.3 Å². The first-order chi connectivity index (χ1) is 11.5. The largest absolute Gasteiger partial charge is 0.392 e. The highest BCUT2D eigenvalue weighted by Gasteiger charge is 2.45. The highest BCUT2D eigenvalue weighted by molar-refractivity contribution is 7.81. The lowest BCUT2D eigenvalue weighted by atomic mass is 9.94. The second-order valence-electron chi connectivity index (χ2n) is 6.17. The Labute approximate surface area is 145 Å². The highest BCUT2D eigenvalue weighted by Crippen LogP contribution is 2.38. The Kier molecular flexibility index (Phi) is 4.76. The number of aliphatic hydroxyl groups excluding tert-OH is 1. The summed E-state index contributed by atoms with van der Waals surface area (Å²) in [6.45, 7) is -0.260. The van der Waals surface area contributed by atoms with Crippen LogP contribution in [0.2, 0.25) is 0 Å². The summed E-state index contributed by atoms with van der Waals surface area (Å²) in [5.74, 6) is 2.69. The third-order valence-corrected chi connectivity index (χ3v) is 5.20. The van der Waals surface area contributed by atoms with Crippen LogP contribution in [0.4, 0.5) is 15.9 Å². The molecule has 24 heavy (non-hydrogen) atoms. The number of halogens is 1. The third-order valence-electron chi connectivity index (χ3n) is 4.57. The second kappa shape index (κ2) is 6.67. The van der Waals surface area contributed by atoms with Crippen LogP contribution in [-0.4, -0.2) is 44.9 Å². The van der Waals surface area contributed by atoms with Crippen molar-refractivity contribution in [2.45, 2.75) is 42.6 Å². The summed E-state index contributed by atoms with van der Waals surface area (Å²) in [6.07, 6.45) is 8.98. The molecule has 0 aliphatic carbocycles. The van der Waals surface area contributed by atoms with Crippen LogP contribution in [0.1, 0.15) is 25.0 Å². The van der Waals surface area contributed by atoms with Crippen LogP contribution < -0.4 is 5.73 Å². The molecule has 3 rings (SSSR count). The Bertz CT molecular complexity index is 708. The van der Waals surface area contributed by atoms with E-state index in [1.165, 1.54) is 0 Å². The molecule has 6 nitrogen and oxygen atoms in total. The fraction of sp³-hybridized carbons (Fsp3) is 0.562. The van der Waals surface area contributed by atoms with Crippen molar-refractivity contribution in [3.8, 4) is 12.3 Å². The number of anilines is 1. The van der Waals surface area contributed by atoms with Crippen molar-refractivity contribution in [1.29, 1.82) is 0 Å². The zero-order valence-corrected chi connectivity index (χ0v) is 13.9. The molecule has 8 heteroatoms. The van der Waals surface area contributed by atoms with Gasteiger partial charge in [0.1, 0.15) is 5.69 Å². The SMILES string of the molecule is C#C[C@]1(CO)O[C@@H](CC2C=Nc3c(N)nc(F)nc3CC2)C[C@@H]1S. The average Bonchev–Trinajstić information content (AvgIpc) is 2.72. The van der Waals surface area contributed by atoms with E-state index in [0.717, 1.165) is 6.42 Å². The van der Waals surface area contributed by atoms with Crippen molar-refractivity contribution in [1.82, 2.24) is 9.97 Å². The lowest BCUT2D eigenvalue weighted by Gasteiger charge is -2.24. The quantitative estimate of drug-likeness (QED) is 0.434. The maximum atomic E-state index is 13.3. The fourth-order valence-electron chi connectivity index (χ4n) is 3.22. The van der Waals surface area contributed by atoms with Crippen LogP contribution in [0.5, 0.6) is 0 Å². The molecule has 2 aliphatic rings. The first-order valence-corrected chi connectivity index (χ1v) is 8.29. The van der Waals surface area contributed by atoms with Gasteiger partial charge in [-0.25, -0.2) is 4.98 Å². The molecule has 1 aromatic heterocycles. The van der Waals surface area contributed by atoms with Gasteiger partial charge in [0.25, 0.3) is 0 Å². The van der Waals surface area contributed by atoms with Gasteiger partial charge in [0.15, 0.2) is 11.4 Å². The number of hydrogen-bond acceptors (Lipinski definition) is 7. The second-order valence-corrected chi connectivity index (χ2v) is 6.79. The normalized spacial score (nSPS) is 32.2. The summed E-state index contributed by atoms with van der Waals surface area (Å²) in [6, 6.07) is 0. The van der Waals surface area contributed by atoms with Crippen molar-refractivity contribution in [2.24, 2.45) is 10.9 Å². The maximum absolute atomic E-state index is 13.3. The summed E-state index contributed by atoms with van der Waals surface area (Å²) in [7, 11) is 0. The Morgan fingerprint density at radius 1 is 1.54 bits per heavy atom. The van der Waals surface area contributed by atoms with Gasteiger partial charge in [-0.1, -0.05) is 5.92 Å². The minimum atomic E-state index is -1.03. The smallest absolute Gasteiger partial charge is 0.310 e. The number of aryl methyl sites for hydroxylation is 1. The standard InChI is InChI=1S/C16H19FN4O2S/c1-2-16(8-22)12(24)6-10(23-16)5-9-3-4-11-13(19-7-9)14(18)21-15(17)20-11/h1,7,9-10,12,22,24H,3-6,8H2,(H2,18,20,21)/t9?,10-,12-,16+/m0/s1. The minimum absolute atomic E-state index is 0.0496. The monoisotopic (exact) mass is 350 g/mol. The van der Waals surface area contributed by atoms with Gasteiger partial charge in [-0.3, -0.25) is 4.99 Å². The molecule has 0 aromatic carbocycles. The number of aliphatic imine (C=N–C) groups is 1. The van der Waals surface area contributed by atoms with Crippen LogP contribution >= 0.6 is 12.6 Å². The summed E-state index contributed by atoms with van der Waals surface area (Å²) in [5.41, 5.74) is 5.65. The zero-order chi connectivity index (χ0) is 17.3. The molecular weight excluding hydrogens is 331 g/mol. The molecule has 0 saturated carbocycles. The zero-order valence-electron chi connectivity index (χ0n) is 13.0. The third kappa shape index (κ3) is 3.11. The van der Waals surface area contributed by atoms with E-state index in [9.17, 15) is 9.50 Å². The maximum Gasteiger partial charge on any atom is 0.310 e. The number of rotatable bonds is 3. The molecule has 3 heterocycles. The number of aliphatic hydroxyl groups is 1. The topological polar surface area (TPSA) is 93.6 Å². The summed E-state index contributed by atoms with van der Waals surface area (Å²) in [5, 5.41) is 9.31. The molecule has 0 amide bonds. The van der Waals surface area contributed by atoms with Crippen LogP contribution in [0.15, 0.2) is 4.99 Å². The van der Waals surface area contributed by atoms with Gasteiger partial charge in [-0.2, -0.15) is 22.0 Å². The van der Waals surface area contributed by atoms with E-state index in [0.29, 0.717) is 30.6 Å². The Morgan fingerprint density at radius 2 is 2.33 bits per heavy atom. The first kappa shape index (κ1) is 17.1. The molecule has 1 aromatic rings. The van der Waals surface area contributed by atoms with Gasteiger partial charge in [0.2, 0.25) is 0 Å². The molecule has 128 valence electrons. The highest BCUT2D eigenvalue weighted by atomic mass is 32.1. The van der Waals surface area contributed by atoms with Crippen molar-refractivity contribution < 1.29 is 14.2 Å². The molecule has 1 unspecified atom stereocenters. The van der Waals surface area contributed by atoms with Gasteiger partial charge in [0, 0.05) is 11.5 Å². The summed E-state index contributed by atoms with van der Waals surface area (Å²) >= 11 is 4.46. The first-order valence-electron chi connectivity index (χ1n) is 7.78. The van der Waals surface area contributed by atoms with Gasteiger partial charge >= 0.3 is 6.08 Å². The van der Waals surface area contributed by atoms with Crippen molar-refractivity contribution >= 4 is 30.3 Å². The van der Waals surface area contributed by atoms with Crippen LogP contribution in [0.3, 0.4) is 0 Å². The molecule has 0 bridgehead atoms. The van der Waals surface area contributed by atoms with Gasteiger partial charge in [-0.15, -0.1) is 6.42 Å². The lowest BCUT2D eigenvalue weighted by molar-refractivity contribution is -0.0374. The molecule has 2 aliphatic heterocycles. The Morgan fingerprint density at radius 3 is 3.00 bits per heavy atom. The van der Waals surface area contributed by atoms with E-state index in [-0.39, 0.29) is 29.7 Å². The van der Waals surface area contributed by atoms with E-state index in [1.807, 2.05) is 0 Å². The molecular formula is C16H19FN4O2S. The molecule has 0 radical (unpaired) electrons. The number of aromatic nitrogens is 2. The predicted molar refractivity (Wildman–Crippen MR) is 91.9 cm³/mol. The van der Waals surface area contributed by atoms with Gasteiger partial charge < -0.3 is 15.6 Å².